The van der Waals surface area contributed by atoms with Crippen LogP contribution in [-0.4, -0.2) is 40.2 Å². The Morgan fingerprint density at radius 2 is 1.85 bits per heavy atom. The van der Waals surface area contributed by atoms with Crippen LogP contribution in [-0.2, 0) is 20.2 Å². The summed E-state index contributed by atoms with van der Waals surface area (Å²) >= 11 is 0. The number of aromatic nitrogens is 1. The fourth-order valence-corrected chi connectivity index (χ4v) is 3.83. The Morgan fingerprint density at radius 3 is 2.42 bits per heavy atom. The molecule has 0 aliphatic carbocycles. The number of nitrogens with zero attached hydrogens (tertiary/aromatic N) is 1. The fraction of sp³-hybridized carbons (Fsp3) is 0.389. The monoisotopic (exact) mass is 379 g/mol. The number of nitrogens with one attached hydrogen (secondary N) is 2. The van der Waals surface area contributed by atoms with Crippen LogP contribution < -0.4 is 10.0 Å². The maximum absolute atomic E-state index is 13.3. The van der Waals surface area contributed by atoms with Gasteiger partial charge in [-0.3, -0.25) is 0 Å². The van der Waals surface area contributed by atoms with Crippen LogP contribution in [0.15, 0.2) is 47.5 Å². The van der Waals surface area contributed by atoms with Crippen LogP contribution >= 0.6 is 0 Å². The van der Waals surface area contributed by atoms with E-state index in [1.54, 1.807) is 6.07 Å². The highest BCUT2D eigenvalue weighted by Crippen LogP contribution is 2.35. The fourth-order valence-electron chi connectivity index (χ4n) is 3.15. The second-order valence-corrected chi connectivity index (χ2v) is 8.23. The maximum Gasteiger partial charge on any atom is 0.241 e. The first-order valence-electron chi connectivity index (χ1n) is 8.42. The minimum Gasteiger partial charge on any atom is -0.381 e. The molecule has 0 radical (unpaired) electrons. The number of halogens is 1. The minimum absolute atomic E-state index is 0.116. The van der Waals surface area contributed by atoms with Gasteiger partial charge in [0.05, 0.1) is 0 Å². The van der Waals surface area contributed by atoms with E-state index in [4.69, 9.17) is 4.74 Å². The van der Waals surface area contributed by atoms with Gasteiger partial charge in [0.25, 0.3) is 0 Å². The molecule has 0 saturated carbocycles. The molecule has 140 valence electrons. The van der Waals surface area contributed by atoms with E-state index in [1.165, 1.54) is 31.4 Å². The molecule has 6 nitrogen and oxygen atoms in total. The van der Waals surface area contributed by atoms with Crippen molar-refractivity contribution >= 4 is 15.8 Å². The molecule has 3 rings (SSSR count). The second-order valence-electron chi connectivity index (χ2n) is 6.34. The van der Waals surface area contributed by atoms with E-state index >= 15 is 0 Å². The van der Waals surface area contributed by atoms with Crippen molar-refractivity contribution in [1.82, 2.24) is 9.71 Å². The van der Waals surface area contributed by atoms with Gasteiger partial charge in [-0.1, -0.05) is 12.1 Å². The number of hydrogen-bond acceptors (Lipinski definition) is 5. The van der Waals surface area contributed by atoms with Gasteiger partial charge < -0.3 is 10.1 Å². The Labute approximate surface area is 152 Å². The zero-order chi connectivity index (χ0) is 18.6. The molecule has 2 heterocycles. The molecule has 26 heavy (non-hydrogen) atoms. The van der Waals surface area contributed by atoms with E-state index in [0.717, 1.165) is 18.4 Å². The summed E-state index contributed by atoms with van der Waals surface area (Å²) in [6.07, 6.45) is 2.96. The molecule has 8 heteroatoms. The van der Waals surface area contributed by atoms with Crippen molar-refractivity contribution in [3.63, 3.8) is 0 Å². The SMILES string of the molecule is CNS(=O)(=O)c1ccc(NCC2(c3ccc(F)cc3)CCOCC2)nc1. The molecule has 0 amide bonds. The maximum atomic E-state index is 13.3. The summed E-state index contributed by atoms with van der Waals surface area (Å²) in [5.41, 5.74) is 0.882. The highest BCUT2D eigenvalue weighted by Gasteiger charge is 2.34. The lowest BCUT2D eigenvalue weighted by Gasteiger charge is -2.38. The zero-order valence-corrected chi connectivity index (χ0v) is 15.4. The highest BCUT2D eigenvalue weighted by atomic mass is 32.2. The molecular formula is C18H22FN3O3S. The molecule has 0 unspecified atom stereocenters. The highest BCUT2D eigenvalue weighted by molar-refractivity contribution is 7.89. The predicted octanol–water partition coefficient (Wildman–Crippen LogP) is 2.29. The molecule has 0 atom stereocenters. The summed E-state index contributed by atoms with van der Waals surface area (Å²) in [4.78, 5) is 4.31. The molecule has 2 N–H and O–H groups in total. The molecule has 0 bridgehead atoms. The van der Waals surface area contributed by atoms with Gasteiger partial charge in [-0.2, -0.15) is 0 Å². The van der Waals surface area contributed by atoms with Crippen molar-refractivity contribution in [2.75, 3.05) is 32.1 Å². The van der Waals surface area contributed by atoms with Gasteiger partial charge in [0.15, 0.2) is 0 Å². The van der Waals surface area contributed by atoms with E-state index < -0.39 is 10.0 Å². The Hall–Kier alpha value is -2.03. The topological polar surface area (TPSA) is 80.3 Å². The third-order valence-corrected chi connectivity index (χ3v) is 6.23. The molecule has 1 aromatic carbocycles. The third-order valence-electron chi connectivity index (χ3n) is 4.83. The molecule has 0 spiro atoms. The summed E-state index contributed by atoms with van der Waals surface area (Å²) in [7, 11) is -2.14. The Bertz CT molecular complexity index is 833. The Kier molecular flexibility index (Phi) is 5.55. The van der Waals surface area contributed by atoms with E-state index in [0.29, 0.717) is 25.6 Å². The molecule has 2 aromatic rings. The largest absolute Gasteiger partial charge is 0.381 e. The number of anilines is 1. The van der Waals surface area contributed by atoms with Crippen molar-refractivity contribution in [3.8, 4) is 0 Å². The summed E-state index contributed by atoms with van der Waals surface area (Å²) in [6, 6.07) is 9.73. The van der Waals surface area contributed by atoms with Crippen molar-refractivity contribution in [2.24, 2.45) is 0 Å². The van der Waals surface area contributed by atoms with Crippen molar-refractivity contribution in [3.05, 3.63) is 54.0 Å². The summed E-state index contributed by atoms with van der Waals surface area (Å²) < 4.78 is 44.6. The summed E-state index contributed by atoms with van der Waals surface area (Å²) in [5.74, 6) is 0.333. The quantitative estimate of drug-likeness (QED) is 0.805. The lowest BCUT2D eigenvalue weighted by Crippen LogP contribution is -2.40. The van der Waals surface area contributed by atoms with Crippen LogP contribution in [0.3, 0.4) is 0 Å². The van der Waals surface area contributed by atoms with Crippen LogP contribution in [0.1, 0.15) is 18.4 Å². The molecule has 1 saturated heterocycles. The Morgan fingerprint density at radius 1 is 1.15 bits per heavy atom. The molecule has 1 aromatic heterocycles. The molecule has 1 fully saturated rings. The molecule has 1 aliphatic rings. The summed E-state index contributed by atoms with van der Waals surface area (Å²) in [6.45, 7) is 1.89. The lowest BCUT2D eigenvalue weighted by molar-refractivity contribution is 0.0543. The van der Waals surface area contributed by atoms with E-state index in [2.05, 4.69) is 15.0 Å². The first kappa shape index (κ1) is 18.8. The first-order chi connectivity index (χ1) is 12.5. The van der Waals surface area contributed by atoms with Crippen LogP contribution in [0.5, 0.6) is 0 Å². The number of ether oxygens (including phenoxy) is 1. The van der Waals surface area contributed by atoms with Gasteiger partial charge in [0.1, 0.15) is 16.5 Å². The number of rotatable bonds is 6. The van der Waals surface area contributed by atoms with Crippen LogP contribution in [0.25, 0.3) is 0 Å². The van der Waals surface area contributed by atoms with Crippen LogP contribution in [0.2, 0.25) is 0 Å². The number of pyridine rings is 1. The molecular weight excluding hydrogens is 357 g/mol. The van der Waals surface area contributed by atoms with Gasteiger partial charge in [0, 0.05) is 31.4 Å². The van der Waals surface area contributed by atoms with Crippen molar-refractivity contribution < 1.29 is 17.5 Å². The standard InChI is InChI=1S/C18H22FN3O3S/c1-20-26(23,24)16-6-7-17(21-12-16)22-13-18(8-10-25-11-9-18)14-2-4-15(19)5-3-14/h2-7,12,20H,8-11,13H2,1H3,(H,21,22). The van der Waals surface area contributed by atoms with Gasteiger partial charge >= 0.3 is 0 Å². The number of sulfonamides is 1. The first-order valence-corrected chi connectivity index (χ1v) is 9.91. The second kappa shape index (κ2) is 7.69. The van der Waals surface area contributed by atoms with Crippen LogP contribution in [0.4, 0.5) is 10.2 Å². The van der Waals surface area contributed by atoms with Gasteiger partial charge in [0.2, 0.25) is 10.0 Å². The van der Waals surface area contributed by atoms with Gasteiger partial charge in [-0.25, -0.2) is 22.5 Å². The summed E-state index contributed by atoms with van der Waals surface area (Å²) in [5, 5.41) is 3.29. The van der Waals surface area contributed by atoms with Crippen molar-refractivity contribution in [1.29, 1.82) is 0 Å². The zero-order valence-electron chi connectivity index (χ0n) is 14.5. The van der Waals surface area contributed by atoms with Crippen LogP contribution in [0, 0.1) is 5.82 Å². The average molecular weight is 379 g/mol. The lowest BCUT2D eigenvalue weighted by atomic mass is 9.74. The third kappa shape index (κ3) is 4.03. The van der Waals surface area contributed by atoms with Gasteiger partial charge in [-0.15, -0.1) is 0 Å². The average Bonchev–Trinajstić information content (AvgIpc) is 2.68. The smallest absolute Gasteiger partial charge is 0.241 e. The number of benzene rings is 1. The normalized spacial score (nSPS) is 17.0. The van der Waals surface area contributed by atoms with E-state index in [-0.39, 0.29) is 16.1 Å². The Balaban J connectivity index is 1.77. The predicted molar refractivity (Wildman–Crippen MR) is 97.1 cm³/mol. The minimum atomic E-state index is -3.50. The van der Waals surface area contributed by atoms with E-state index in [9.17, 15) is 12.8 Å². The van der Waals surface area contributed by atoms with E-state index in [1.807, 2.05) is 12.1 Å². The van der Waals surface area contributed by atoms with Crippen molar-refractivity contribution in [2.45, 2.75) is 23.2 Å². The van der Waals surface area contributed by atoms with Gasteiger partial charge in [-0.05, 0) is 49.7 Å². The number of hydrogen-bond donors (Lipinski definition) is 2. The molecule has 1 aliphatic heterocycles.